The molecule has 0 radical (unpaired) electrons. The number of hydrogen-bond donors (Lipinski definition) is 0. The molecule has 3 heterocycles. The second kappa shape index (κ2) is 6.98. The third-order valence-corrected chi connectivity index (χ3v) is 7.49. The Bertz CT molecular complexity index is 1150. The Morgan fingerprint density at radius 2 is 1.93 bits per heavy atom. The monoisotopic (exact) mass is 422 g/mol. The van der Waals surface area contributed by atoms with E-state index in [1.807, 2.05) is 24.9 Å². The topological polar surface area (TPSA) is 85.9 Å². The molecule has 0 atom stereocenters. The highest BCUT2D eigenvalue weighted by molar-refractivity contribution is 7.98. The fourth-order valence-electron chi connectivity index (χ4n) is 3.44. The highest BCUT2D eigenvalue weighted by atomic mass is 32.2. The molecule has 0 N–H and O–H groups in total. The van der Waals surface area contributed by atoms with E-state index in [2.05, 4.69) is 15.3 Å². The second-order valence-corrected chi connectivity index (χ2v) is 9.17. The van der Waals surface area contributed by atoms with Crippen LogP contribution in [0.3, 0.4) is 0 Å². The van der Waals surface area contributed by atoms with E-state index in [-0.39, 0.29) is 18.0 Å². The summed E-state index contributed by atoms with van der Waals surface area (Å²) in [6.07, 6.45) is 2.39. The summed E-state index contributed by atoms with van der Waals surface area (Å²) in [5.41, 5.74) is 2.32. The second-order valence-electron chi connectivity index (χ2n) is 6.49. The van der Waals surface area contributed by atoms with Crippen molar-refractivity contribution in [3.05, 3.63) is 41.3 Å². The quantitative estimate of drug-likeness (QED) is 0.596. The van der Waals surface area contributed by atoms with Crippen molar-refractivity contribution in [2.24, 2.45) is 14.1 Å². The molecule has 4 rings (SSSR count). The van der Waals surface area contributed by atoms with Gasteiger partial charge in [0, 0.05) is 44.9 Å². The number of thioether (sulfide) groups is 1. The standard InChI is InChI=1S/C17H19FN6O2S2/c1-22-16(19-20-17(22)27-3)15-11-10-24(9-8-13(11)23(2)21-15)28(25,26)14-7-5-4-6-12(14)18/h4-7H,8-10H2,1-3H3. The summed E-state index contributed by atoms with van der Waals surface area (Å²) in [7, 11) is -0.286. The van der Waals surface area contributed by atoms with Gasteiger partial charge in [-0.25, -0.2) is 12.8 Å². The van der Waals surface area contributed by atoms with Gasteiger partial charge in [-0.15, -0.1) is 10.2 Å². The first-order valence-corrected chi connectivity index (χ1v) is 11.2. The van der Waals surface area contributed by atoms with Crippen molar-refractivity contribution in [2.75, 3.05) is 12.8 Å². The van der Waals surface area contributed by atoms with Crippen molar-refractivity contribution >= 4 is 21.8 Å². The van der Waals surface area contributed by atoms with Crippen LogP contribution in [0.2, 0.25) is 0 Å². The SMILES string of the molecule is CSc1nnc(-c2nn(C)c3c2CN(S(=O)(=O)c2ccccc2F)CC3)n1C. The van der Waals surface area contributed by atoms with Crippen LogP contribution in [0, 0.1) is 5.82 Å². The minimum Gasteiger partial charge on any atom is -0.304 e. The van der Waals surface area contributed by atoms with Crippen LogP contribution in [0.5, 0.6) is 0 Å². The summed E-state index contributed by atoms with van der Waals surface area (Å²) in [4.78, 5) is -0.313. The number of nitrogens with zero attached hydrogens (tertiary/aromatic N) is 6. The number of fused-ring (bicyclic) bond motifs is 1. The van der Waals surface area contributed by atoms with E-state index in [0.29, 0.717) is 17.9 Å². The number of sulfonamides is 1. The maximum atomic E-state index is 14.1. The first kappa shape index (κ1) is 19.1. The van der Waals surface area contributed by atoms with Crippen molar-refractivity contribution in [1.29, 1.82) is 0 Å². The van der Waals surface area contributed by atoms with Crippen molar-refractivity contribution in [3.8, 4) is 11.5 Å². The molecule has 0 amide bonds. The van der Waals surface area contributed by atoms with E-state index < -0.39 is 15.8 Å². The average Bonchev–Trinajstić information content (AvgIpc) is 3.21. The zero-order chi connectivity index (χ0) is 20.1. The number of hydrogen-bond acceptors (Lipinski definition) is 6. The third kappa shape index (κ3) is 2.93. The van der Waals surface area contributed by atoms with Crippen LogP contribution in [0.15, 0.2) is 34.3 Å². The number of aromatic nitrogens is 5. The Morgan fingerprint density at radius 3 is 2.61 bits per heavy atom. The van der Waals surface area contributed by atoms with Gasteiger partial charge in [-0.3, -0.25) is 4.68 Å². The van der Waals surface area contributed by atoms with Gasteiger partial charge in [0.1, 0.15) is 16.4 Å². The largest absolute Gasteiger partial charge is 0.304 e. The fraction of sp³-hybridized carbons (Fsp3) is 0.353. The van der Waals surface area contributed by atoms with Gasteiger partial charge in [0.25, 0.3) is 0 Å². The summed E-state index contributed by atoms with van der Waals surface area (Å²) >= 11 is 1.47. The molecule has 11 heteroatoms. The molecule has 1 aromatic carbocycles. The molecule has 28 heavy (non-hydrogen) atoms. The Hall–Kier alpha value is -2.24. The summed E-state index contributed by atoms with van der Waals surface area (Å²) < 4.78 is 45.0. The van der Waals surface area contributed by atoms with Gasteiger partial charge in [0.2, 0.25) is 10.0 Å². The first-order valence-electron chi connectivity index (χ1n) is 8.57. The third-order valence-electron chi connectivity index (χ3n) is 4.89. The summed E-state index contributed by atoms with van der Waals surface area (Å²) in [5.74, 6) is -0.177. The Labute approximate surface area is 166 Å². The lowest BCUT2D eigenvalue weighted by molar-refractivity contribution is 0.383. The number of halogens is 1. The van der Waals surface area contributed by atoms with Gasteiger partial charge in [0.15, 0.2) is 11.0 Å². The van der Waals surface area contributed by atoms with Crippen molar-refractivity contribution in [1.82, 2.24) is 28.9 Å². The van der Waals surface area contributed by atoms with Gasteiger partial charge in [0.05, 0.1) is 0 Å². The minimum absolute atomic E-state index is 0.108. The van der Waals surface area contributed by atoms with Crippen molar-refractivity contribution < 1.29 is 12.8 Å². The van der Waals surface area contributed by atoms with Crippen LogP contribution in [0.25, 0.3) is 11.5 Å². The van der Waals surface area contributed by atoms with E-state index in [9.17, 15) is 12.8 Å². The predicted molar refractivity (Wildman–Crippen MR) is 103 cm³/mol. The molecule has 1 aliphatic rings. The van der Waals surface area contributed by atoms with Gasteiger partial charge < -0.3 is 4.57 Å². The Balaban J connectivity index is 1.76. The molecule has 148 valence electrons. The molecule has 1 aliphatic heterocycles. The lowest BCUT2D eigenvalue weighted by Crippen LogP contribution is -2.36. The van der Waals surface area contributed by atoms with E-state index in [0.717, 1.165) is 22.5 Å². The summed E-state index contributed by atoms with van der Waals surface area (Å²) in [6.45, 7) is 0.369. The Kier molecular flexibility index (Phi) is 4.76. The van der Waals surface area contributed by atoms with E-state index in [4.69, 9.17) is 0 Å². The van der Waals surface area contributed by atoms with Crippen LogP contribution in [-0.4, -0.2) is 50.1 Å². The fourth-order valence-corrected chi connectivity index (χ4v) is 5.40. The first-order chi connectivity index (χ1) is 13.3. The zero-order valence-electron chi connectivity index (χ0n) is 15.6. The molecule has 0 aliphatic carbocycles. The molecule has 0 fully saturated rings. The lowest BCUT2D eigenvalue weighted by atomic mass is 10.1. The average molecular weight is 423 g/mol. The number of rotatable bonds is 4. The molecular formula is C17H19FN6O2S2. The molecule has 0 spiro atoms. The molecule has 0 unspecified atom stereocenters. The smallest absolute Gasteiger partial charge is 0.246 e. The van der Waals surface area contributed by atoms with E-state index in [1.165, 1.54) is 34.3 Å². The molecule has 0 saturated heterocycles. The maximum absolute atomic E-state index is 14.1. The molecule has 0 bridgehead atoms. The number of aryl methyl sites for hydroxylation is 1. The van der Waals surface area contributed by atoms with E-state index >= 15 is 0 Å². The van der Waals surface area contributed by atoms with Crippen molar-refractivity contribution in [2.45, 2.75) is 23.0 Å². The molecular weight excluding hydrogens is 403 g/mol. The lowest BCUT2D eigenvalue weighted by Gasteiger charge is -2.27. The van der Waals surface area contributed by atoms with Crippen molar-refractivity contribution in [3.63, 3.8) is 0 Å². The normalized spacial score (nSPS) is 15.0. The van der Waals surface area contributed by atoms with Crippen LogP contribution in [0.1, 0.15) is 11.3 Å². The summed E-state index contributed by atoms with van der Waals surface area (Å²) in [6, 6.07) is 5.43. The van der Waals surface area contributed by atoms with Crippen LogP contribution >= 0.6 is 11.8 Å². The minimum atomic E-state index is -3.96. The summed E-state index contributed by atoms with van der Waals surface area (Å²) in [5, 5.41) is 13.7. The van der Waals surface area contributed by atoms with Gasteiger partial charge in [-0.1, -0.05) is 23.9 Å². The predicted octanol–water partition coefficient (Wildman–Crippen LogP) is 1.82. The van der Waals surface area contributed by atoms with Crippen LogP contribution < -0.4 is 0 Å². The zero-order valence-corrected chi connectivity index (χ0v) is 17.3. The highest BCUT2D eigenvalue weighted by Crippen LogP contribution is 2.32. The molecule has 0 saturated carbocycles. The van der Waals surface area contributed by atoms with Gasteiger partial charge in [-0.05, 0) is 18.4 Å². The van der Waals surface area contributed by atoms with Crippen LogP contribution in [0.4, 0.5) is 4.39 Å². The van der Waals surface area contributed by atoms with Gasteiger partial charge in [-0.2, -0.15) is 9.40 Å². The molecule has 2 aromatic heterocycles. The highest BCUT2D eigenvalue weighted by Gasteiger charge is 2.34. The van der Waals surface area contributed by atoms with E-state index in [1.54, 1.807) is 4.68 Å². The molecule has 3 aromatic rings. The Morgan fingerprint density at radius 1 is 1.18 bits per heavy atom. The van der Waals surface area contributed by atoms with Gasteiger partial charge >= 0.3 is 0 Å². The maximum Gasteiger partial charge on any atom is 0.246 e. The number of benzene rings is 1. The van der Waals surface area contributed by atoms with Crippen LogP contribution in [-0.2, 0) is 37.1 Å². The molecule has 8 nitrogen and oxygen atoms in total.